The van der Waals surface area contributed by atoms with Crippen molar-refractivity contribution in [2.75, 3.05) is 17.7 Å². The van der Waals surface area contributed by atoms with E-state index in [0.717, 1.165) is 28.5 Å². The van der Waals surface area contributed by atoms with Crippen molar-refractivity contribution in [3.05, 3.63) is 78.0 Å². The minimum absolute atomic E-state index is 0.548. The summed E-state index contributed by atoms with van der Waals surface area (Å²) in [6, 6.07) is 19.9. The standard InChI is InChI=1S/C21H22N4OS/c1-15-4-3-5-17(12-15)24-20-11-8-18(14-22-20)25-21(27)23-13-16-6-9-19(26-2)10-7-16/h3-12,14H,13H2,1-2H3,(H,22,24)(H2,23,25,27). The smallest absolute Gasteiger partial charge is 0.171 e. The maximum atomic E-state index is 5.35. The number of ether oxygens (including phenoxy) is 1. The summed E-state index contributed by atoms with van der Waals surface area (Å²) >= 11 is 5.35. The molecular formula is C21H22N4OS. The summed E-state index contributed by atoms with van der Waals surface area (Å²) in [4.78, 5) is 4.42. The van der Waals surface area contributed by atoms with Gasteiger partial charge in [-0.05, 0) is 66.7 Å². The first-order valence-electron chi connectivity index (χ1n) is 8.60. The van der Waals surface area contributed by atoms with Crippen molar-refractivity contribution in [2.45, 2.75) is 13.5 Å². The van der Waals surface area contributed by atoms with E-state index in [2.05, 4.69) is 40.0 Å². The van der Waals surface area contributed by atoms with Crippen LogP contribution in [0.1, 0.15) is 11.1 Å². The molecule has 2 aromatic carbocycles. The summed E-state index contributed by atoms with van der Waals surface area (Å²) < 4.78 is 5.16. The van der Waals surface area contributed by atoms with Crippen molar-refractivity contribution in [1.29, 1.82) is 0 Å². The first kappa shape index (κ1) is 18.7. The average Bonchev–Trinajstić information content (AvgIpc) is 2.68. The fourth-order valence-corrected chi connectivity index (χ4v) is 2.70. The number of nitrogens with one attached hydrogen (secondary N) is 3. The Labute approximate surface area is 164 Å². The summed E-state index contributed by atoms with van der Waals surface area (Å²) in [5.41, 5.74) is 4.17. The quantitative estimate of drug-likeness (QED) is 0.544. The first-order valence-corrected chi connectivity index (χ1v) is 9.01. The van der Waals surface area contributed by atoms with Crippen LogP contribution in [0.4, 0.5) is 17.2 Å². The third-order valence-electron chi connectivity index (χ3n) is 3.92. The van der Waals surface area contributed by atoms with E-state index in [0.29, 0.717) is 11.7 Å². The number of benzene rings is 2. The normalized spacial score (nSPS) is 10.1. The highest BCUT2D eigenvalue weighted by atomic mass is 32.1. The van der Waals surface area contributed by atoms with E-state index in [4.69, 9.17) is 17.0 Å². The minimum Gasteiger partial charge on any atom is -0.497 e. The lowest BCUT2D eigenvalue weighted by molar-refractivity contribution is 0.414. The van der Waals surface area contributed by atoms with Gasteiger partial charge in [-0.15, -0.1) is 0 Å². The van der Waals surface area contributed by atoms with E-state index in [1.807, 2.05) is 48.5 Å². The second kappa shape index (κ2) is 9.00. The van der Waals surface area contributed by atoms with Gasteiger partial charge in [-0.3, -0.25) is 0 Å². The third kappa shape index (κ3) is 5.69. The number of anilines is 3. The van der Waals surface area contributed by atoms with Crippen molar-refractivity contribution in [2.24, 2.45) is 0 Å². The Morgan fingerprint density at radius 3 is 2.52 bits per heavy atom. The second-order valence-corrected chi connectivity index (χ2v) is 6.49. The van der Waals surface area contributed by atoms with Crippen LogP contribution in [0.5, 0.6) is 5.75 Å². The number of pyridine rings is 1. The van der Waals surface area contributed by atoms with Crippen molar-refractivity contribution in [1.82, 2.24) is 10.3 Å². The van der Waals surface area contributed by atoms with Gasteiger partial charge in [0.15, 0.2) is 5.11 Å². The lowest BCUT2D eigenvalue weighted by Crippen LogP contribution is -2.27. The Hall–Kier alpha value is -3.12. The molecule has 0 saturated carbocycles. The summed E-state index contributed by atoms with van der Waals surface area (Å²) in [6.07, 6.45) is 1.75. The lowest BCUT2D eigenvalue weighted by atomic mass is 10.2. The van der Waals surface area contributed by atoms with Gasteiger partial charge >= 0.3 is 0 Å². The number of nitrogens with zero attached hydrogens (tertiary/aromatic N) is 1. The summed E-state index contributed by atoms with van der Waals surface area (Å²) in [5.74, 6) is 1.62. The van der Waals surface area contributed by atoms with E-state index in [1.54, 1.807) is 13.3 Å². The molecule has 0 atom stereocenters. The number of thiocarbonyl (C=S) groups is 1. The largest absolute Gasteiger partial charge is 0.497 e. The average molecular weight is 379 g/mol. The molecular weight excluding hydrogens is 356 g/mol. The van der Waals surface area contributed by atoms with Gasteiger partial charge in [-0.2, -0.15) is 0 Å². The molecule has 5 nitrogen and oxygen atoms in total. The molecule has 138 valence electrons. The van der Waals surface area contributed by atoms with Gasteiger partial charge in [-0.25, -0.2) is 4.98 Å². The lowest BCUT2D eigenvalue weighted by Gasteiger charge is -2.12. The third-order valence-corrected chi connectivity index (χ3v) is 4.17. The van der Waals surface area contributed by atoms with Crippen LogP contribution in [0.15, 0.2) is 66.9 Å². The Balaban J connectivity index is 1.50. The van der Waals surface area contributed by atoms with Gasteiger partial charge < -0.3 is 20.7 Å². The predicted octanol–water partition coefficient (Wildman–Crippen LogP) is 4.63. The van der Waals surface area contributed by atoms with Crippen LogP contribution in [-0.4, -0.2) is 17.2 Å². The zero-order valence-corrected chi connectivity index (χ0v) is 16.1. The summed E-state index contributed by atoms with van der Waals surface area (Å²) in [6.45, 7) is 2.70. The van der Waals surface area contributed by atoms with Crippen molar-refractivity contribution >= 4 is 34.5 Å². The number of aromatic nitrogens is 1. The highest BCUT2D eigenvalue weighted by molar-refractivity contribution is 7.80. The molecule has 0 amide bonds. The SMILES string of the molecule is COc1ccc(CNC(=S)Nc2ccc(Nc3cccc(C)c3)nc2)cc1. The Morgan fingerprint density at radius 2 is 1.85 bits per heavy atom. The fraction of sp³-hybridized carbons (Fsp3) is 0.143. The van der Waals surface area contributed by atoms with Gasteiger partial charge in [-0.1, -0.05) is 24.3 Å². The molecule has 1 aromatic heterocycles. The van der Waals surface area contributed by atoms with Crippen LogP contribution < -0.4 is 20.7 Å². The molecule has 0 radical (unpaired) electrons. The van der Waals surface area contributed by atoms with E-state index in [9.17, 15) is 0 Å². The van der Waals surface area contributed by atoms with Crippen molar-refractivity contribution in [3.8, 4) is 5.75 Å². The number of aryl methyl sites for hydroxylation is 1. The van der Waals surface area contributed by atoms with Crippen LogP contribution in [0, 0.1) is 6.92 Å². The first-order chi connectivity index (χ1) is 13.1. The van der Waals surface area contributed by atoms with Crippen molar-refractivity contribution < 1.29 is 4.74 Å². The molecule has 0 spiro atoms. The molecule has 0 aliphatic heterocycles. The van der Waals surface area contributed by atoms with E-state index >= 15 is 0 Å². The molecule has 3 rings (SSSR count). The molecule has 27 heavy (non-hydrogen) atoms. The van der Waals surface area contributed by atoms with Gasteiger partial charge in [0.05, 0.1) is 19.0 Å². The highest BCUT2D eigenvalue weighted by Gasteiger charge is 2.01. The molecule has 1 heterocycles. The van der Waals surface area contributed by atoms with Crippen LogP contribution in [0.3, 0.4) is 0 Å². The molecule has 0 bridgehead atoms. The maximum absolute atomic E-state index is 5.35. The number of hydrogen-bond acceptors (Lipinski definition) is 4. The molecule has 3 N–H and O–H groups in total. The topological polar surface area (TPSA) is 58.2 Å². The summed E-state index contributed by atoms with van der Waals surface area (Å²) in [7, 11) is 1.65. The molecule has 3 aromatic rings. The van der Waals surface area contributed by atoms with Crippen LogP contribution in [-0.2, 0) is 6.54 Å². The van der Waals surface area contributed by atoms with Gasteiger partial charge in [0, 0.05) is 12.2 Å². The highest BCUT2D eigenvalue weighted by Crippen LogP contribution is 2.17. The maximum Gasteiger partial charge on any atom is 0.171 e. The second-order valence-electron chi connectivity index (χ2n) is 6.08. The predicted molar refractivity (Wildman–Crippen MR) is 115 cm³/mol. The summed E-state index contributed by atoms with van der Waals surface area (Å²) in [5, 5.41) is 10.2. The van der Waals surface area contributed by atoms with E-state index < -0.39 is 0 Å². The number of rotatable bonds is 6. The van der Waals surface area contributed by atoms with Gasteiger partial charge in [0.25, 0.3) is 0 Å². The Kier molecular flexibility index (Phi) is 6.22. The molecule has 0 fully saturated rings. The zero-order chi connectivity index (χ0) is 19.1. The van der Waals surface area contributed by atoms with Crippen LogP contribution in [0.25, 0.3) is 0 Å². The number of methoxy groups -OCH3 is 1. The van der Waals surface area contributed by atoms with Gasteiger partial charge in [0.1, 0.15) is 11.6 Å². The van der Waals surface area contributed by atoms with Crippen LogP contribution >= 0.6 is 12.2 Å². The molecule has 0 saturated heterocycles. The van der Waals surface area contributed by atoms with Gasteiger partial charge in [0.2, 0.25) is 0 Å². The molecule has 0 unspecified atom stereocenters. The Morgan fingerprint density at radius 1 is 1.04 bits per heavy atom. The van der Waals surface area contributed by atoms with Crippen LogP contribution in [0.2, 0.25) is 0 Å². The molecule has 6 heteroatoms. The number of hydrogen-bond donors (Lipinski definition) is 3. The van der Waals surface area contributed by atoms with E-state index in [-0.39, 0.29) is 0 Å². The van der Waals surface area contributed by atoms with E-state index in [1.165, 1.54) is 5.56 Å². The molecule has 0 aliphatic rings. The van der Waals surface area contributed by atoms with Crippen molar-refractivity contribution in [3.63, 3.8) is 0 Å². The zero-order valence-electron chi connectivity index (χ0n) is 15.3. The fourth-order valence-electron chi connectivity index (χ4n) is 2.51. The molecule has 0 aliphatic carbocycles. The Bertz CT molecular complexity index is 895. The monoisotopic (exact) mass is 378 g/mol. The minimum atomic E-state index is 0.548.